The van der Waals surface area contributed by atoms with Crippen molar-refractivity contribution >= 4 is 23.7 Å². The largest absolute Gasteiger partial charge is 0.355 e. The van der Waals surface area contributed by atoms with Crippen LogP contribution in [0.4, 0.5) is 5.95 Å². The highest BCUT2D eigenvalue weighted by molar-refractivity contribution is 8.00. The Hall–Kier alpha value is -2.28. The lowest BCUT2D eigenvalue weighted by molar-refractivity contribution is 0.370. The number of hydrogen-bond acceptors (Lipinski definition) is 5. The van der Waals surface area contributed by atoms with Crippen molar-refractivity contribution in [2.45, 2.75) is 17.1 Å². The Morgan fingerprint density at radius 1 is 1.12 bits per heavy atom. The zero-order chi connectivity index (χ0) is 18.2. The van der Waals surface area contributed by atoms with Crippen LogP contribution in [0.5, 0.6) is 0 Å². The fraction of sp³-hybridized carbons (Fsp3) is 0.421. The Kier molecular flexibility index (Phi) is 6.71. The predicted molar refractivity (Wildman–Crippen MR) is 109 cm³/mol. The zero-order valence-electron chi connectivity index (χ0n) is 15.4. The molecule has 0 bridgehead atoms. The molecule has 7 heteroatoms. The summed E-state index contributed by atoms with van der Waals surface area (Å²) < 4.78 is 0. The summed E-state index contributed by atoms with van der Waals surface area (Å²) in [5.41, 5.74) is 0. The van der Waals surface area contributed by atoms with Crippen molar-refractivity contribution in [1.82, 2.24) is 20.2 Å². The lowest BCUT2D eigenvalue weighted by atomic mass is 10.3. The third kappa shape index (κ3) is 5.11. The highest BCUT2D eigenvalue weighted by Crippen LogP contribution is 2.22. The van der Waals surface area contributed by atoms with Gasteiger partial charge in [-0.1, -0.05) is 25.1 Å². The monoisotopic (exact) mass is 370 g/mol. The summed E-state index contributed by atoms with van der Waals surface area (Å²) in [5, 5.41) is 3.98. The van der Waals surface area contributed by atoms with Gasteiger partial charge in [-0.2, -0.15) is 0 Å². The van der Waals surface area contributed by atoms with E-state index in [0.717, 1.165) is 44.6 Å². The lowest BCUT2D eigenvalue weighted by Crippen LogP contribution is -2.53. The molecule has 2 heterocycles. The molecule has 138 valence electrons. The number of benzene rings is 1. The van der Waals surface area contributed by atoms with Crippen LogP contribution in [0.2, 0.25) is 0 Å². The number of anilines is 1. The van der Waals surface area contributed by atoms with E-state index in [2.05, 4.69) is 67.3 Å². The second-order valence-corrected chi connectivity index (χ2v) is 7.70. The van der Waals surface area contributed by atoms with E-state index in [1.165, 1.54) is 4.90 Å². The minimum Gasteiger partial charge on any atom is -0.355 e. The molecular weight excluding hydrogens is 344 g/mol. The number of rotatable bonds is 5. The molecule has 0 saturated carbocycles. The summed E-state index contributed by atoms with van der Waals surface area (Å²) in [7, 11) is 1.85. The van der Waals surface area contributed by atoms with Crippen LogP contribution in [0.15, 0.2) is 58.7 Å². The highest BCUT2D eigenvalue weighted by atomic mass is 32.2. The van der Waals surface area contributed by atoms with Crippen LogP contribution < -0.4 is 10.2 Å². The van der Waals surface area contributed by atoms with Crippen molar-refractivity contribution in [1.29, 1.82) is 0 Å². The first-order valence-corrected chi connectivity index (χ1v) is 9.83. The molecule has 1 aromatic carbocycles. The smallest absolute Gasteiger partial charge is 0.225 e. The van der Waals surface area contributed by atoms with Crippen LogP contribution >= 0.6 is 11.8 Å². The van der Waals surface area contributed by atoms with Gasteiger partial charge in [0.15, 0.2) is 5.96 Å². The van der Waals surface area contributed by atoms with Crippen LogP contribution in [0.25, 0.3) is 0 Å². The minimum atomic E-state index is 0.466. The molecule has 1 aliphatic rings. The third-order valence-corrected chi connectivity index (χ3v) is 5.37. The molecular formula is C19H26N6S. The van der Waals surface area contributed by atoms with Gasteiger partial charge in [0, 0.05) is 62.3 Å². The summed E-state index contributed by atoms with van der Waals surface area (Å²) in [6.07, 6.45) is 3.59. The average Bonchev–Trinajstić information content (AvgIpc) is 2.70. The molecule has 2 aromatic rings. The molecule has 6 nitrogen and oxygen atoms in total. The number of piperazine rings is 1. The van der Waals surface area contributed by atoms with Gasteiger partial charge in [-0.05, 0) is 18.2 Å². The van der Waals surface area contributed by atoms with E-state index in [4.69, 9.17) is 0 Å². The third-order valence-electron chi connectivity index (χ3n) is 4.25. The van der Waals surface area contributed by atoms with Crippen molar-refractivity contribution in [2.24, 2.45) is 4.99 Å². The molecule has 1 saturated heterocycles. The summed E-state index contributed by atoms with van der Waals surface area (Å²) >= 11 is 1.88. The summed E-state index contributed by atoms with van der Waals surface area (Å²) in [6, 6.07) is 12.4. The van der Waals surface area contributed by atoms with Gasteiger partial charge in [0.1, 0.15) is 0 Å². The molecule has 1 atom stereocenters. The maximum atomic E-state index is 4.46. The van der Waals surface area contributed by atoms with E-state index >= 15 is 0 Å². The van der Waals surface area contributed by atoms with Crippen LogP contribution in [0, 0.1) is 0 Å². The standard InChI is InChI=1S/C19H26N6S/c1-16(26-17-7-4-3-5-8-17)15-23-18(20-2)24-11-13-25(14-12-24)19-21-9-6-10-22-19/h3-10,16H,11-15H2,1-2H3,(H,20,23). The SMILES string of the molecule is CN=C(NCC(C)Sc1ccccc1)N1CCN(c2ncccn2)CC1. The molecule has 0 amide bonds. The quantitative estimate of drug-likeness (QED) is 0.495. The van der Waals surface area contributed by atoms with Gasteiger partial charge in [0.05, 0.1) is 0 Å². The van der Waals surface area contributed by atoms with Gasteiger partial charge in [0.2, 0.25) is 5.95 Å². The Balaban J connectivity index is 1.46. The van der Waals surface area contributed by atoms with E-state index in [1.807, 2.05) is 24.9 Å². The van der Waals surface area contributed by atoms with Crippen LogP contribution in [-0.4, -0.2) is 65.8 Å². The number of aliphatic imine (C=N–C) groups is 1. The maximum absolute atomic E-state index is 4.46. The number of guanidine groups is 1. The van der Waals surface area contributed by atoms with E-state index in [1.54, 1.807) is 12.4 Å². The average molecular weight is 371 g/mol. The first-order valence-electron chi connectivity index (χ1n) is 8.95. The number of nitrogens with zero attached hydrogens (tertiary/aromatic N) is 5. The van der Waals surface area contributed by atoms with Crippen molar-refractivity contribution in [3.63, 3.8) is 0 Å². The van der Waals surface area contributed by atoms with Crippen LogP contribution in [0.3, 0.4) is 0 Å². The zero-order valence-corrected chi connectivity index (χ0v) is 16.2. The van der Waals surface area contributed by atoms with Gasteiger partial charge in [-0.3, -0.25) is 4.99 Å². The van der Waals surface area contributed by atoms with Crippen LogP contribution in [-0.2, 0) is 0 Å². The number of thioether (sulfide) groups is 1. The Morgan fingerprint density at radius 2 is 1.81 bits per heavy atom. The number of hydrogen-bond donors (Lipinski definition) is 1. The molecule has 0 radical (unpaired) electrons. The molecule has 0 aliphatic carbocycles. The number of aromatic nitrogens is 2. The first-order chi connectivity index (χ1) is 12.8. The van der Waals surface area contributed by atoms with Crippen molar-refractivity contribution < 1.29 is 0 Å². The second-order valence-electron chi connectivity index (χ2n) is 6.19. The molecule has 26 heavy (non-hydrogen) atoms. The van der Waals surface area contributed by atoms with Gasteiger partial charge in [-0.15, -0.1) is 11.8 Å². The first kappa shape index (κ1) is 18.5. The van der Waals surface area contributed by atoms with Gasteiger partial charge >= 0.3 is 0 Å². The van der Waals surface area contributed by atoms with E-state index in [9.17, 15) is 0 Å². The molecule has 1 unspecified atom stereocenters. The number of nitrogens with one attached hydrogen (secondary N) is 1. The van der Waals surface area contributed by atoms with Crippen molar-refractivity contribution in [3.8, 4) is 0 Å². The Labute approximate surface area is 159 Å². The maximum Gasteiger partial charge on any atom is 0.225 e. The van der Waals surface area contributed by atoms with Gasteiger partial charge in [-0.25, -0.2) is 9.97 Å². The molecule has 1 fully saturated rings. The topological polar surface area (TPSA) is 56.7 Å². The Bertz CT molecular complexity index is 686. The highest BCUT2D eigenvalue weighted by Gasteiger charge is 2.21. The summed E-state index contributed by atoms with van der Waals surface area (Å²) in [4.78, 5) is 19.0. The van der Waals surface area contributed by atoms with Crippen molar-refractivity contribution in [3.05, 3.63) is 48.8 Å². The molecule has 1 N–H and O–H groups in total. The second kappa shape index (κ2) is 9.43. The summed E-state index contributed by atoms with van der Waals surface area (Å²) in [6.45, 7) is 6.76. The summed E-state index contributed by atoms with van der Waals surface area (Å²) in [5.74, 6) is 1.78. The van der Waals surface area contributed by atoms with Crippen molar-refractivity contribution in [2.75, 3.05) is 44.7 Å². The lowest BCUT2D eigenvalue weighted by Gasteiger charge is -2.36. The van der Waals surface area contributed by atoms with Gasteiger partial charge < -0.3 is 15.1 Å². The fourth-order valence-corrected chi connectivity index (χ4v) is 3.86. The van der Waals surface area contributed by atoms with Crippen LogP contribution in [0.1, 0.15) is 6.92 Å². The molecule has 3 rings (SSSR count). The molecule has 1 aromatic heterocycles. The Morgan fingerprint density at radius 3 is 2.46 bits per heavy atom. The van der Waals surface area contributed by atoms with E-state index in [0.29, 0.717) is 5.25 Å². The van der Waals surface area contributed by atoms with E-state index in [-0.39, 0.29) is 0 Å². The normalized spacial score (nSPS) is 16.5. The minimum absolute atomic E-state index is 0.466. The fourth-order valence-electron chi connectivity index (χ4n) is 2.91. The molecule has 0 spiro atoms. The predicted octanol–water partition coefficient (Wildman–Crippen LogP) is 2.35. The van der Waals surface area contributed by atoms with E-state index < -0.39 is 0 Å². The molecule has 1 aliphatic heterocycles. The van der Waals surface area contributed by atoms with Gasteiger partial charge in [0.25, 0.3) is 0 Å².